The highest BCUT2D eigenvalue weighted by Crippen LogP contribution is 2.65. The van der Waals surface area contributed by atoms with Gasteiger partial charge in [-0.15, -0.1) is 0 Å². The topological polar surface area (TPSA) is 55.4 Å². The zero-order valence-corrected chi connectivity index (χ0v) is 90.5. The van der Waals surface area contributed by atoms with Crippen molar-refractivity contribution in [3.05, 3.63) is 292 Å². The quantitative estimate of drug-likeness (QED) is 0.0280. The molecule has 0 radical (unpaired) electrons. The Labute approximate surface area is 840 Å². The van der Waals surface area contributed by atoms with Crippen LogP contribution in [0.1, 0.15) is 420 Å². The average molecular weight is 1960 g/mol. The number of hydrogen-bond acceptors (Lipinski definition) is 6. The van der Waals surface area contributed by atoms with E-state index in [9.17, 15) is 0 Å². The van der Waals surface area contributed by atoms with Gasteiger partial charge in [-0.3, -0.25) is 0 Å². The lowest BCUT2D eigenvalue weighted by molar-refractivity contribution is 0.00578. The number of benzene rings is 10. The maximum Gasteiger partial charge on any atom is 0.494 e. The number of hydrogen-bond donors (Lipinski definition) is 0. The monoisotopic (exact) mass is 1950 g/mol. The van der Waals surface area contributed by atoms with Crippen LogP contribution in [0.5, 0.6) is 0 Å². The Hall–Kier alpha value is -6.95. The molecule has 0 aromatic heterocycles. The molecule has 2 heterocycles. The first-order valence-corrected chi connectivity index (χ1v) is 55.4. The fourth-order valence-corrected chi connectivity index (χ4v) is 24.6. The molecular formula is C126H164B2Br2O6. The van der Waals surface area contributed by atoms with Gasteiger partial charge in [0.1, 0.15) is 0 Å². The predicted octanol–water partition coefficient (Wildman–Crippen LogP) is 34.3. The maximum absolute atomic E-state index is 6.87. The third-order valence-corrected chi connectivity index (χ3v) is 34.1. The van der Waals surface area contributed by atoms with E-state index in [0.717, 1.165) is 80.4 Å². The van der Waals surface area contributed by atoms with Crippen molar-refractivity contribution in [3.63, 3.8) is 0 Å². The van der Waals surface area contributed by atoms with Crippen molar-refractivity contribution >= 4 is 57.0 Å². The molecule has 0 saturated carbocycles. The summed E-state index contributed by atoms with van der Waals surface area (Å²) in [5.74, 6) is 0. The first-order valence-electron chi connectivity index (χ1n) is 53.8. The van der Waals surface area contributed by atoms with E-state index in [1.807, 2.05) is 0 Å². The summed E-state index contributed by atoms with van der Waals surface area (Å²) in [5, 5.41) is 0. The van der Waals surface area contributed by atoms with Crippen molar-refractivity contribution < 1.29 is 28.1 Å². The molecule has 0 spiro atoms. The van der Waals surface area contributed by atoms with E-state index in [1.165, 1.54) is 294 Å². The van der Waals surface area contributed by atoms with Crippen LogP contribution in [-0.4, -0.2) is 63.1 Å². The lowest BCUT2D eigenvalue weighted by atomic mass is 9.65. The second-order valence-corrected chi connectivity index (χ2v) is 47.3. The van der Waals surface area contributed by atoms with Gasteiger partial charge >= 0.3 is 14.2 Å². The molecule has 0 unspecified atom stereocenters. The molecular weight excluding hydrogens is 1790 g/mol. The molecule has 2 aliphatic heterocycles. The fourth-order valence-electron chi connectivity index (χ4n) is 23.9. The highest BCUT2D eigenvalue weighted by atomic mass is 79.9. The molecule has 0 bridgehead atoms. The van der Waals surface area contributed by atoms with E-state index in [-0.39, 0.29) is 21.7 Å². The zero-order valence-electron chi connectivity index (χ0n) is 87.3. The van der Waals surface area contributed by atoms with Gasteiger partial charge in [0.25, 0.3) is 0 Å². The molecule has 6 nitrogen and oxygen atoms in total. The van der Waals surface area contributed by atoms with E-state index in [1.54, 1.807) is 11.1 Å². The minimum atomic E-state index is -0.640. The van der Waals surface area contributed by atoms with Crippen molar-refractivity contribution in [2.24, 2.45) is 0 Å². The van der Waals surface area contributed by atoms with Crippen molar-refractivity contribution in [1.29, 1.82) is 0 Å². The molecule has 2 saturated heterocycles. The maximum atomic E-state index is 6.87. The highest BCUT2D eigenvalue weighted by molar-refractivity contribution is 9.10. The van der Waals surface area contributed by atoms with Crippen LogP contribution >= 0.6 is 31.9 Å². The van der Waals surface area contributed by atoms with Gasteiger partial charge in [-0.25, -0.2) is 0 Å². The minimum absolute atomic E-state index is 0.00789. The Morgan fingerprint density at radius 1 is 0.265 bits per heavy atom. The molecule has 724 valence electrons. The van der Waals surface area contributed by atoms with E-state index >= 15 is 0 Å². The molecule has 6 aliphatic rings. The van der Waals surface area contributed by atoms with Gasteiger partial charge in [-0.1, -0.05) is 401 Å². The van der Waals surface area contributed by atoms with Crippen LogP contribution in [0.25, 0.3) is 44.5 Å². The second kappa shape index (κ2) is 43.9. The molecule has 4 aliphatic carbocycles. The summed E-state index contributed by atoms with van der Waals surface area (Å²) in [4.78, 5) is 0. The van der Waals surface area contributed by atoms with Crippen LogP contribution in [-0.2, 0) is 73.4 Å². The molecule has 0 N–H and O–H groups in total. The summed E-state index contributed by atoms with van der Waals surface area (Å²) in [6, 6.07) is 78.1. The van der Waals surface area contributed by atoms with E-state index in [2.05, 4.69) is 364 Å². The van der Waals surface area contributed by atoms with Gasteiger partial charge in [0.2, 0.25) is 0 Å². The van der Waals surface area contributed by atoms with E-state index < -0.39 is 47.5 Å². The number of halogens is 2. The number of ether oxygens (including phenoxy) is 2. The molecule has 0 atom stereocenters. The Balaban J connectivity index is 0.000000210. The zero-order chi connectivity index (χ0) is 96.6. The van der Waals surface area contributed by atoms with Crippen LogP contribution in [0.15, 0.2) is 203 Å². The second-order valence-electron chi connectivity index (χ2n) is 45.4. The predicted molar refractivity (Wildman–Crippen MR) is 586 cm³/mol. The number of unbranched alkanes of at least 4 members (excludes halogenated alkanes) is 20. The smallest absolute Gasteiger partial charge is 0.399 e. The van der Waals surface area contributed by atoms with Crippen LogP contribution in [0.2, 0.25) is 0 Å². The van der Waals surface area contributed by atoms with Crippen LogP contribution in [0.3, 0.4) is 0 Å². The lowest BCUT2D eigenvalue weighted by Crippen LogP contribution is -2.41. The van der Waals surface area contributed by atoms with Crippen LogP contribution in [0.4, 0.5) is 0 Å². The summed E-state index contributed by atoms with van der Waals surface area (Å²) in [6.07, 6.45) is 39.8. The van der Waals surface area contributed by atoms with Gasteiger partial charge in [0.05, 0.1) is 33.2 Å². The highest BCUT2D eigenvalue weighted by Gasteiger charge is 2.57. The molecule has 136 heavy (non-hydrogen) atoms. The lowest BCUT2D eigenvalue weighted by Gasteiger charge is -2.36. The number of rotatable bonds is 44. The third kappa shape index (κ3) is 20.9. The van der Waals surface area contributed by atoms with Crippen molar-refractivity contribution in [1.82, 2.24) is 0 Å². The molecule has 10 heteroatoms. The van der Waals surface area contributed by atoms with Crippen LogP contribution < -0.4 is 10.9 Å². The summed E-state index contributed by atoms with van der Waals surface area (Å²) >= 11 is 7.97. The van der Waals surface area contributed by atoms with Gasteiger partial charge < -0.3 is 28.1 Å². The third-order valence-electron chi connectivity index (χ3n) is 33.1. The first kappa shape index (κ1) is 103. The number of fused-ring (bicyclic) bond motifs is 12. The van der Waals surface area contributed by atoms with Gasteiger partial charge in [-0.2, -0.15) is 0 Å². The molecule has 2 fully saturated rings. The van der Waals surface area contributed by atoms with Gasteiger partial charge in [0, 0.05) is 46.2 Å². The van der Waals surface area contributed by atoms with Gasteiger partial charge in [0.15, 0.2) is 0 Å². The summed E-state index contributed by atoms with van der Waals surface area (Å²) in [7, 11) is -0.916. The molecule has 10 aromatic carbocycles. The Bertz CT molecular complexity index is 5510. The summed E-state index contributed by atoms with van der Waals surface area (Å²) in [6.45, 7) is 47.9. The standard InChI is InChI=1S/C68H92B2O4.C58H72Br2O2/c1-17-19-21-23-25-27-41-67(42-28-26-24-22-20-18-2)57-43-51(69-71-63(9,10)64(11,12)72-69)37-39-53(57)55-46-60-56(45-58(55)67)54-40-38-52(70-73-65(13,14)66(15,16)74-70)44-59(54)68(60,49-33-29-47(30-34-49)61(3,4)5)50-35-31-48(32-36-50)62(6,7)8;1-5-9-11-13-15-17-35-57(36-18-16-14-12-10-6-2)53-39-47(59)31-33-49(53)51-42-56-52(41-54(51)57)50-34-32-48(60)40-55(50)58(56,45-27-23-43(24-28-45)21-19-37-61-7-3)46-29-25-44(26-30-46)22-20-38-62-8-4/h29-40,43-46H,17-28,41-42H2,1-16H3;23-34,39-42H,5-22,35-38H2,1-4H3. The fraction of sp³-hybridized carbons (Fsp3) is 0.524. The van der Waals surface area contributed by atoms with Crippen molar-refractivity contribution in [3.8, 4) is 44.5 Å². The molecule has 0 amide bonds. The Kier molecular flexibility index (Phi) is 33.4. The van der Waals surface area contributed by atoms with Crippen molar-refractivity contribution in [2.75, 3.05) is 26.4 Å². The van der Waals surface area contributed by atoms with Crippen molar-refractivity contribution in [2.45, 2.75) is 399 Å². The van der Waals surface area contributed by atoms with E-state index in [0.29, 0.717) is 0 Å². The average Bonchev–Trinajstić information content (AvgIpc) is 1.52. The van der Waals surface area contributed by atoms with Gasteiger partial charge in [-0.05, 0) is 324 Å². The SMILES string of the molecule is CCCCCCCCC1(CCCCCCCC)c2cc(B3OC(C)(C)C(C)(C)O3)ccc2-c2cc3c(cc21)-c1ccc(B2OC(C)(C)C(C)(C)O2)cc1C3(c1ccc(C(C)(C)C)cc1)c1ccc(C(C)(C)C)cc1.CCCCCCCCC1(CCCCCCCC)c2cc(Br)ccc2-c2cc3c(cc21)-c1ccc(Br)cc1C3(c1ccc(CCCOCC)cc1)c1ccc(CCCOCC)cc1. The number of aryl methyl sites for hydroxylation is 2. The largest absolute Gasteiger partial charge is 0.494 e. The molecule has 10 aromatic rings. The molecule has 16 rings (SSSR count). The summed E-state index contributed by atoms with van der Waals surface area (Å²) in [5.41, 5.74) is 32.2. The summed E-state index contributed by atoms with van der Waals surface area (Å²) < 4.78 is 41.2. The first-order chi connectivity index (χ1) is 65.2. The van der Waals surface area contributed by atoms with Crippen LogP contribution in [0, 0.1) is 0 Å². The Morgan fingerprint density at radius 3 is 0.838 bits per heavy atom. The minimum Gasteiger partial charge on any atom is -0.399 e. The normalized spacial score (nSPS) is 17.0. The van der Waals surface area contributed by atoms with E-state index in [4.69, 9.17) is 28.1 Å². The Morgan fingerprint density at radius 2 is 0.515 bits per heavy atom.